The molecule has 174 valence electrons. The Balaban J connectivity index is 1.32. The highest BCUT2D eigenvalue weighted by molar-refractivity contribution is 6.58. The molecule has 0 radical (unpaired) electrons. The lowest BCUT2D eigenvalue weighted by Crippen LogP contribution is -2.46. The summed E-state index contributed by atoms with van der Waals surface area (Å²) in [5.74, 6) is 1.00. The minimum Gasteiger partial charge on any atom is -0.492 e. The van der Waals surface area contributed by atoms with E-state index in [9.17, 15) is 14.8 Å². The maximum atomic E-state index is 13.4. The highest BCUT2D eigenvalue weighted by Gasteiger charge is 2.44. The summed E-state index contributed by atoms with van der Waals surface area (Å²) >= 11 is 0. The monoisotopic (exact) mass is 456 g/mol. The second kappa shape index (κ2) is 9.26. The number of amides is 1. The van der Waals surface area contributed by atoms with Crippen molar-refractivity contribution in [1.82, 2.24) is 10.2 Å². The van der Waals surface area contributed by atoms with E-state index in [1.165, 1.54) is 11.1 Å². The summed E-state index contributed by atoms with van der Waals surface area (Å²) in [4.78, 5) is 15.3. The number of benzene rings is 3. The van der Waals surface area contributed by atoms with Gasteiger partial charge in [0.25, 0.3) is 5.91 Å². The van der Waals surface area contributed by atoms with Crippen LogP contribution in [-0.2, 0) is 12.0 Å². The van der Waals surface area contributed by atoms with Crippen LogP contribution in [0.3, 0.4) is 0 Å². The average molecular weight is 456 g/mol. The zero-order valence-corrected chi connectivity index (χ0v) is 19.3. The molecule has 3 aromatic rings. The molecule has 0 atom stereocenters. The van der Waals surface area contributed by atoms with Crippen LogP contribution in [0.25, 0.3) is 11.1 Å². The first-order valence-electron chi connectivity index (χ1n) is 11.8. The van der Waals surface area contributed by atoms with E-state index in [2.05, 4.69) is 23.5 Å². The molecule has 2 aliphatic rings. The predicted octanol–water partition coefficient (Wildman–Crippen LogP) is 2.32. The van der Waals surface area contributed by atoms with Gasteiger partial charge in [0.05, 0.1) is 6.61 Å². The van der Waals surface area contributed by atoms with Crippen LogP contribution in [0.1, 0.15) is 34.3 Å². The first-order valence-corrected chi connectivity index (χ1v) is 11.8. The fraction of sp³-hybridized carbons (Fsp3) is 0.296. The van der Waals surface area contributed by atoms with Gasteiger partial charge in [-0.05, 0) is 60.2 Å². The number of carbonyl (C=O) groups is 1. The summed E-state index contributed by atoms with van der Waals surface area (Å²) in [7, 11) is 0.426. The number of piperidine rings is 1. The fourth-order valence-electron chi connectivity index (χ4n) is 5.17. The third-order valence-electron chi connectivity index (χ3n) is 7.14. The van der Waals surface area contributed by atoms with Gasteiger partial charge in [0, 0.05) is 36.2 Å². The van der Waals surface area contributed by atoms with Gasteiger partial charge in [-0.1, -0.05) is 48.5 Å². The van der Waals surface area contributed by atoms with Crippen LogP contribution in [0.4, 0.5) is 0 Å². The Morgan fingerprint density at radius 1 is 1.03 bits per heavy atom. The summed E-state index contributed by atoms with van der Waals surface area (Å²) in [5.41, 5.74) is 5.28. The van der Waals surface area contributed by atoms with E-state index in [0.29, 0.717) is 30.7 Å². The van der Waals surface area contributed by atoms with Gasteiger partial charge in [0.2, 0.25) is 0 Å². The molecule has 3 N–H and O–H groups in total. The lowest BCUT2D eigenvalue weighted by Gasteiger charge is -2.38. The van der Waals surface area contributed by atoms with Crippen LogP contribution in [0.5, 0.6) is 5.75 Å². The molecule has 0 aliphatic carbocycles. The molecule has 1 fully saturated rings. The highest BCUT2D eigenvalue weighted by Crippen LogP contribution is 2.46. The maximum absolute atomic E-state index is 13.4. The lowest BCUT2D eigenvalue weighted by atomic mass is 9.74. The zero-order chi connectivity index (χ0) is 23.7. The number of carbonyl (C=O) groups excluding carboxylic acids is 1. The van der Waals surface area contributed by atoms with E-state index >= 15 is 0 Å². The molecule has 0 unspecified atom stereocenters. The normalized spacial score (nSPS) is 16.3. The largest absolute Gasteiger partial charge is 0.492 e. The molecule has 0 bridgehead atoms. The van der Waals surface area contributed by atoms with Gasteiger partial charge < -0.3 is 25.0 Å². The summed E-state index contributed by atoms with van der Waals surface area (Å²) < 4.78 is 6.04. The van der Waals surface area contributed by atoms with Crippen molar-refractivity contribution >= 4 is 18.5 Å². The van der Waals surface area contributed by atoms with Crippen LogP contribution < -0.4 is 15.5 Å². The van der Waals surface area contributed by atoms with Crippen molar-refractivity contribution in [3.63, 3.8) is 0 Å². The number of nitrogens with zero attached hydrogens (tertiary/aromatic N) is 1. The number of hydrogen-bond donors (Lipinski definition) is 3. The maximum Gasteiger partial charge on any atom is 0.488 e. The van der Waals surface area contributed by atoms with Gasteiger partial charge in [-0.3, -0.25) is 4.79 Å². The van der Waals surface area contributed by atoms with Crippen LogP contribution in [0.2, 0.25) is 0 Å². The first-order chi connectivity index (χ1) is 16.5. The lowest BCUT2D eigenvalue weighted by molar-refractivity contribution is 0.0646. The second-order valence-electron chi connectivity index (χ2n) is 9.30. The summed E-state index contributed by atoms with van der Waals surface area (Å²) in [6.07, 6.45) is 1.76. The van der Waals surface area contributed by atoms with Gasteiger partial charge in [-0.25, -0.2) is 0 Å². The number of nitrogens with one attached hydrogen (secondary N) is 1. The van der Waals surface area contributed by atoms with Gasteiger partial charge in [0.15, 0.2) is 0 Å². The Morgan fingerprint density at radius 3 is 2.50 bits per heavy atom. The zero-order valence-electron chi connectivity index (χ0n) is 19.3. The Kier molecular flexibility index (Phi) is 6.17. The molecule has 3 aromatic carbocycles. The van der Waals surface area contributed by atoms with E-state index in [4.69, 9.17) is 4.74 Å². The average Bonchev–Trinajstić information content (AvgIpc) is 3.21. The Morgan fingerprint density at radius 2 is 1.76 bits per heavy atom. The van der Waals surface area contributed by atoms with Crippen molar-refractivity contribution in [2.75, 3.05) is 26.7 Å². The fourth-order valence-corrected chi connectivity index (χ4v) is 5.17. The molecule has 0 aromatic heterocycles. The van der Waals surface area contributed by atoms with Crippen molar-refractivity contribution in [2.45, 2.75) is 24.8 Å². The number of fused-ring (bicyclic) bond motifs is 2. The number of ether oxygens (including phenoxy) is 1. The van der Waals surface area contributed by atoms with Crippen LogP contribution in [0.15, 0.2) is 66.7 Å². The third-order valence-corrected chi connectivity index (χ3v) is 7.14. The van der Waals surface area contributed by atoms with Gasteiger partial charge in [-0.15, -0.1) is 0 Å². The summed E-state index contributed by atoms with van der Waals surface area (Å²) in [6, 6.07) is 21.1. The molecule has 6 nitrogen and oxygen atoms in total. The smallest absolute Gasteiger partial charge is 0.488 e. The van der Waals surface area contributed by atoms with E-state index in [1.807, 2.05) is 42.3 Å². The molecular weight excluding hydrogens is 427 g/mol. The van der Waals surface area contributed by atoms with Crippen molar-refractivity contribution in [2.24, 2.45) is 0 Å². The standard InChI is InChI=1S/C27H29BN2O4/c1-29-17-19-8-9-25-24(14-19)27(18-34-25)10-12-30(13-11-27)26(31)22-6-2-4-20(15-22)21-5-3-7-23(16-21)28(32)33/h2-9,14-16,29,32-33H,10-13,17-18H2,1H3. The van der Waals surface area contributed by atoms with Gasteiger partial charge in [0.1, 0.15) is 5.75 Å². The topological polar surface area (TPSA) is 82.0 Å². The Labute approximate surface area is 200 Å². The molecule has 1 saturated heterocycles. The molecule has 5 rings (SSSR count). The second-order valence-corrected chi connectivity index (χ2v) is 9.30. The molecule has 2 heterocycles. The number of likely N-dealkylation sites (tertiary alicyclic amines) is 1. The molecule has 1 spiro atoms. The predicted molar refractivity (Wildman–Crippen MR) is 133 cm³/mol. The van der Waals surface area contributed by atoms with Crippen LogP contribution >= 0.6 is 0 Å². The van der Waals surface area contributed by atoms with E-state index in [-0.39, 0.29) is 11.3 Å². The molecule has 1 amide bonds. The van der Waals surface area contributed by atoms with Gasteiger partial charge >= 0.3 is 7.12 Å². The SMILES string of the molecule is CNCc1ccc2c(c1)C1(CCN(C(=O)c3cccc(-c4cccc(B(O)O)c4)c3)CC1)CO2. The molecule has 0 saturated carbocycles. The number of rotatable bonds is 5. The molecule has 2 aliphatic heterocycles. The molecule has 7 heteroatoms. The van der Waals surface area contributed by atoms with E-state index in [0.717, 1.165) is 36.3 Å². The van der Waals surface area contributed by atoms with Crippen LogP contribution in [0, 0.1) is 0 Å². The highest BCUT2D eigenvalue weighted by atomic mass is 16.5. The molecular formula is C27H29BN2O4. The quantitative estimate of drug-likeness (QED) is 0.514. The minimum absolute atomic E-state index is 0.0245. The van der Waals surface area contributed by atoms with E-state index < -0.39 is 7.12 Å². The third kappa shape index (κ3) is 4.22. The summed E-state index contributed by atoms with van der Waals surface area (Å²) in [6.45, 7) is 2.88. The van der Waals surface area contributed by atoms with Crippen molar-refractivity contribution in [3.8, 4) is 16.9 Å². The van der Waals surface area contributed by atoms with Crippen LogP contribution in [-0.4, -0.2) is 54.7 Å². The first kappa shape index (κ1) is 22.7. The number of hydrogen-bond acceptors (Lipinski definition) is 5. The van der Waals surface area contributed by atoms with Crippen molar-refractivity contribution < 1.29 is 19.6 Å². The van der Waals surface area contributed by atoms with Gasteiger partial charge in [-0.2, -0.15) is 0 Å². The molecule has 34 heavy (non-hydrogen) atoms. The van der Waals surface area contributed by atoms with Crippen molar-refractivity contribution in [3.05, 3.63) is 83.4 Å². The Hall–Kier alpha value is -3.13. The minimum atomic E-state index is -1.52. The van der Waals surface area contributed by atoms with Crippen molar-refractivity contribution in [1.29, 1.82) is 0 Å². The Bertz CT molecular complexity index is 1200. The summed E-state index contributed by atoms with van der Waals surface area (Å²) in [5, 5.41) is 22.2. The van der Waals surface area contributed by atoms with E-state index in [1.54, 1.807) is 18.2 Å².